The number of hydrogen-bond donors (Lipinski definition) is 1. The molecule has 17 heavy (non-hydrogen) atoms. The third-order valence-electron chi connectivity index (χ3n) is 2.44. The highest BCUT2D eigenvalue weighted by Crippen LogP contribution is 2.13. The van der Waals surface area contributed by atoms with Crippen LogP contribution in [0.25, 0.3) is 0 Å². The molecule has 0 unspecified atom stereocenters. The lowest BCUT2D eigenvalue weighted by Crippen LogP contribution is -2.33. The normalized spacial score (nSPS) is 10.4. The van der Waals surface area contributed by atoms with Crippen LogP contribution in [0.1, 0.15) is 23.7 Å². The summed E-state index contributed by atoms with van der Waals surface area (Å²) in [6, 6.07) is 3.52. The molecule has 1 rings (SSSR count). The molecule has 3 nitrogen and oxygen atoms in total. The summed E-state index contributed by atoms with van der Waals surface area (Å²) in [4.78, 5) is 13.3. The highest BCUT2D eigenvalue weighted by Gasteiger charge is 2.19. The van der Waals surface area contributed by atoms with Crippen LogP contribution >= 0.6 is 0 Å². The molecular weight excluding hydrogens is 228 g/mol. The van der Waals surface area contributed by atoms with Gasteiger partial charge >= 0.3 is 0 Å². The first kappa shape index (κ1) is 13.6. The van der Waals surface area contributed by atoms with E-state index in [1.807, 2.05) is 0 Å². The van der Waals surface area contributed by atoms with Crippen LogP contribution in [0.4, 0.5) is 8.78 Å². The second-order valence-electron chi connectivity index (χ2n) is 3.56. The number of carbonyl (C=O) groups is 1. The molecule has 0 radical (unpaired) electrons. The zero-order valence-electron chi connectivity index (χ0n) is 9.62. The van der Waals surface area contributed by atoms with E-state index in [0.29, 0.717) is 19.5 Å². The third kappa shape index (κ3) is 3.23. The van der Waals surface area contributed by atoms with Crippen LogP contribution in [0.15, 0.2) is 18.2 Å². The van der Waals surface area contributed by atoms with Gasteiger partial charge in [-0.3, -0.25) is 4.79 Å². The molecule has 0 aliphatic carbocycles. The largest absolute Gasteiger partial charge is 0.396 e. The predicted molar refractivity (Wildman–Crippen MR) is 59.6 cm³/mol. The maximum Gasteiger partial charge on any atom is 0.256 e. The molecule has 1 aromatic rings. The molecule has 0 aliphatic rings. The molecule has 0 spiro atoms. The van der Waals surface area contributed by atoms with Gasteiger partial charge in [-0.2, -0.15) is 0 Å². The molecule has 5 heteroatoms. The van der Waals surface area contributed by atoms with Gasteiger partial charge in [0.25, 0.3) is 5.91 Å². The van der Waals surface area contributed by atoms with Gasteiger partial charge in [-0.15, -0.1) is 0 Å². The van der Waals surface area contributed by atoms with E-state index in [1.165, 1.54) is 17.0 Å². The molecule has 0 aromatic heterocycles. The number of hydrogen-bond acceptors (Lipinski definition) is 2. The van der Waals surface area contributed by atoms with Gasteiger partial charge < -0.3 is 10.0 Å². The van der Waals surface area contributed by atoms with E-state index in [1.54, 1.807) is 6.92 Å². The van der Waals surface area contributed by atoms with E-state index >= 15 is 0 Å². The molecule has 0 atom stereocenters. The second-order valence-corrected chi connectivity index (χ2v) is 3.56. The van der Waals surface area contributed by atoms with Crippen molar-refractivity contribution in [1.29, 1.82) is 0 Å². The minimum absolute atomic E-state index is 0.0462. The van der Waals surface area contributed by atoms with Gasteiger partial charge in [0.1, 0.15) is 0 Å². The second kappa shape index (κ2) is 6.30. The average molecular weight is 243 g/mol. The van der Waals surface area contributed by atoms with Crippen molar-refractivity contribution in [3.63, 3.8) is 0 Å². The molecule has 1 aromatic carbocycles. The highest BCUT2D eigenvalue weighted by molar-refractivity contribution is 5.94. The van der Waals surface area contributed by atoms with Crippen LogP contribution in [0.5, 0.6) is 0 Å². The molecule has 0 saturated heterocycles. The summed E-state index contributed by atoms with van der Waals surface area (Å²) < 4.78 is 26.4. The van der Waals surface area contributed by atoms with Crippen molar-refractivity contribution in [3.05, 3.63) is 35.4 Å². The summed E-state index contributed by atoms with van der Waals surface area (Å²) in [7, 11) is 0. The molecule has 0 bridgehead atoms. The number of rotatable bonds is 5. The standard InChI is InChI=1S/C12H15F2NO2/c1-2-15(7-4-8-16)12(17)9-5-3-6-10(13)11(9)14/h3,5-6,16H,2,4,7-8H2,1H3. The zero-order valence-corrected chi connectivity index (χ0v) is 9.62. The highest BCUT2D eigenvalue weighted by atomic mass is 19.2. The van der Waals surface area contributed by atoms with E-state index in [4.69, 9.17) is 5.11 Å². The van der Waals surface area contributed by atoms with Crippen molar-refractivity contribution in [2.75, 3.05) is 19.7 Å². The van der Waals surface area contributed by atoms with Crippen LogP contribution in [0.3, 0.4) is 0 Å². The smallest absolute Gasteiger partial charge is 0.256 e. The summed E-state index contributed by atoms with van der Waals surface area (Å²) in [5.41, 5.74) is -0.273. The quantitative estimate of drug-likeness (QED) is 0.856. The summed E-state index contributed by atoms with van der Waals surface area (Å²) in [5.74, 6) is -2.72. The maximum absolute atomic E-state index is 13.4. The monoisotopic (exact) mass is 243 g/mol. The van der Waals surface area contributed by atoms with Gasteiger partial charge in [0.2, 0.25) is 0 Å². The minimum atomic E-state index is -1.13. The van der Waals surface area contributed by atoms with Crippen molar-refractivity contribution in [1.82, 2.24) is 4.90 Å². The Morgan fingerprint density at radius 1 is 1.41 bits per heavy atom. The minimum Gasteiger partial charge on any atom is -0.396 e. The fourth-order valence-electron chi connectivity index (χ4n) is 1.50. The number of benzene rings is 1. The Morgan fingerprint density at radius 3 is 2.71 bits per heavy atom. The molecule has 0 heterocycles. The molecular formula is C12H15F2NO2. The first-order valence-corrected chi connectivity index (χ1v) is 5.46. The van der Waals surface area contributed by atoms with Crippen LogP contribution in [-0.4, -0.2) is 35.6 Å². The van der Waals surface area contributed by atoms with E-state index in [2.05, 4.69) is 0 Å². The van der Waals surface area contributed by atoms with Gasteiger partial charge in [-0.05, 0) is 25.5 Å². The van der Waals surface area contributed by atoms with Crippen LogP contribution < -0.4 is 0 Å². The molecule has 94 valence electrons. The third-order valence-corrected chi connectivity index (χ3v) is 2.44. The van der Waals surface area contributed by atoms with Crippen molar-refractivity contribution in [3.8, 4) is 0 Å². The van der Waals surface area contributed by atoms with Gasteiger partial charge in [-0.25, -0.2) is 8.78 Å². The fourth-order valence-corrected chi connectivity index (χ4v) is 1.50. The topological polar surface area (TPSA) is 40.5 Å². The number of amides is 1. The van der Waals surface area contributed by atoms with E-state index < -0.39 is 17.5 Å². The van der Waals surface area contributed by atoms with Gasteiger partial charge in [0.05, 0.1) is 5.56 Å². The SMILES string of the molecule is CCN(CCCO)C(=O)c1cccc(F)c1F. The van der Waals surface area contributed by atoms with E-state index in [0.717, 1.165) is 6.07 Å². The van der Waals surface area contributed by atoms with Crippen LogP contribution in [-0.2, 0) is 0 Å². The Hall–Kier alpha value is -1.49. The maximum atomic E-state index is 13.4. The Bertz CT molecular complexity index is 396. The Morgan fingerprint density at radius 2 is 2.12 bits per heavy atom. The van der Waals surface area contributed by atoms with Gasteiger partial charge in [0, 0.05) is 19.7 Å². The van der Waals surface area contributed by atoms with Gasteiger partial charge in [-0.1, -0.05) is 6.07 Å². The molecule has 0 aliphatic heterocycles. The first-order valence-electron chi connectivity index (χ1n) is 5.46. The lowest BCUT2D eigenvalue weighted by atomic mass is 10.1. The number of halogens is 2. The Balaban J connectivity index is 2.90. The average Bonchev–Trinajstić information content (AvgIpc) is 2.33. The lowest BCUT2D eigenvalue weighted by molar-refractivity contribution is 0.0748. The van der Waals surface area contributed by atoms with Crippen molar-refractivity contribution in [2.24, 2.45) is 0 Å². The fraction of sp³-hybridized carbons (Fsp3) is 0.417. The number of aliphatic hydroxyl groups is 1. The first-order chi connectivity index (χ1) is 8.11. The summed E-state index contributed by atoms with van der Waals surface area (Å²) >= 11 is 0. The number of nitrogens with zero attached hydrogens (tertiary/aromatic N) is 1. The number of carbonyl (C=O) groups excluding carboxylic acids is 1. The molecule has 1 N–H and O–H groups in total. The van der Waals surface area contributed by atoms with Crippen molar-refractivity contribution >= 4 is 5.91 Å². The Labute approximate surface area is 98.7 Å². The Kier molecular flexibility index (Phi) is 5.03. The molecule has 1 amide bonds. The van der Waals surface area contributed by atoms with Crippen LogP contribution in [0, 0.1) is 11.6 Å². The summed E-state index contributed by atoms with van der Waals surface area (Å²) in [6.45, 7) is 2.40. The number of aliphatic hydroxyl groups excluding tert-OH is 1. The van der Waals surface area contributed by atoms with Crippen LogP contribution in [0.2, 0.25) is 0 Å². The van der Waals surface area contributed by atoms with Gasteiger partial charge in [0.15, 0.2) is 11.6 Å². The molecule has 0 saturated carbocycles. The van der Waals surface area contributed by atoms with E-state index in [-0.39, 0.29) is 12.2 Å². The summed E-state index contributed by atoms with van der Waals surface area (Å²) in [5, 5.41) is 8.69. The van der Waals surface area contributed by atoms with Crippen molar-refractivity contribution < 1.29 is 18.7 Å². The molecule has 0 fully saturated rings. The lowest BCUT2D eigenvalue weighted by Gasteiger charge is -2.20. The zero-order chi connectivity index (χ0) is 12.8. The van der Waals surface area contributed by atoms with E-state index in [9.17, 15) is 13.6 Å². The van der Waals surface area contributed by atoms with Crippen molar-refractivity contribution in [2.45, 2.75) is 13.3 Å². The predicted octanol–water partition coefficient (Wildman–Crippen LogP) is 1.81. The summed E-state index contributed by atoms with van der Waals surface area (Å²) in [6.07, 6.45) is 0.413.